The van der Waals surface area contributed by atoms with Gasteiger partial charge in [0, 0.05) is 29.6 Å². The van der Waals surface area contributed by atoms with Crippen LogP contribution in [0.5, 0.6) is 0 Å². The molecule has 0 saturated carbocycles. The lowest BCUT2D eigenvalue weighted by Gasteiger charge is -2.07. The molecule has 3 rings (SSSR count). The number of carbonyl (C=O) groups excluding carboxylic acids is 1. The second-order valence-electron chi connectivity index (χ2n) is 6.98. The van der Waals surface area contributed by atoms with Crippen molar-refractivity contribution in [3.63, 3.8) is 0 Å². The molecule has 1 aliphatic rings. The number of hydrogen-bond acceptors (Lipinski definition) is 3. The minimum atomic E-state index is -0.183. The average Bonchev–Trinajstić information content (AvgIpc) is 3.10. The number of nitrogens with zero attached hydrogens (tertiary/aromatic N) is 1. The van der Waals surface area contributed by atoms with Gasteiger partial charge in [-0.05, 0) is 55.3 Å². The van der Waals surface area contributed by atoms with E-state index in [1.165, 1.54) is 6.08 Å². The molecular weight excluding hydrogens is 358 g/mol. The van der Waals surface area contributed by atoms with E-state index in [4.69, 9.17) is 4.99 Å². The van der Waals surface area contributed by atoms with Gasteiger partial charge in [-0.2, -0.15) is 0 Å². The molecule has 0 saturated heterocycles. The Bertz CT molecular complexity index is 1040. The van der Waals surface area contributed by atoms with Crippen LogP contribution in [-0.2, 0) is 11.2 Å². The van der Waals surface area contributed by atoms with E-state index in [1.54, 1.807) is 6.08 Å². The zero-order chi connectivity index (χ0) is 20.8. The van der Waals surface area contributed by atoms with Crippen molar-refractivity contribution in [2.75, 3.05) is 10.6 Å². The molecule has 4 nitrogen and oxygen atoms in total. The van der Waals surface area contributed by atoms with Gasteiger partial charge in [-0.3, -0.25) is 9.79 Å². The first kappa shape index (κ1) is 20.1. The zero-order valence-electron chi connectivity index (χ0n) is 16.8. The normalized spacial score (nSPS) is 12.7. The van der Waals surface area contributed by atoms with Crippen molar-refractivity contribution >= 4 is 28.7 Å². The van der Waals surface area contributed by atoms with Gasteiger partial charge in [0.25, 0.3) is 0 Å². The van der Waals surface area contributed by atoms with Gasteiger partial charge in [0.2, 0.25) is 5.91 Å². The second kappa shape index (κ2) is 9.02. The fraction of sp³-hybridized carbons (Fsp3) is 0.120. The lowest BCUT2D eigenvalue weighted by atomic mass is 10.0. The van der Waals surface area contributed by atoms with Crippen molar-refractivity contribution in [2.24, 2.45) is 4.99 Å². The number of carbonyl (C=O) groups is 1. The standard InChI is InChI=1S/C25H25N3O/c1-5-6-18(4)26-21-11-8-19(9-12-21)23-15-20-10-13-22(16-24(20)28-23)27-25(29)14-7-17(2)3/h5-14,16,26H,2,4,15H2,1,3H3,(H,27,29)/b6-5-,14-7-. The molecule has 0 atom stereocenters. The minimum Gasteiger partial charge on any atom is -0.356 e. The number of nitrogens with one attached hydrogen (secondary N) is 2. The zero-order valence-corrected chi connectivity index (χ0v) is 16.8. The number of benzene rings is 2. The molecule has 2 aromatic rings. The molecule has 0 radical (unpaired) electrons. The molecule has 1 aliphatic heterocycles. The summed E-state index contributed by atoms with van der Waals surface area (Å²) in [5.74, 6) is -0.183. The summed E-state index contributed by atoms with van der Waals surface area (Å²) < 4.78 is 0. The highest BCUT2D eigenvalue weighted by molar-refractivity contribution is 6.07. The maximum Gasteiger partial charge on any atom is 0.248 e. The first-order chi connectivity index (χ1) is 13.9. The Labute approximate surface area is 172 Å². The van der Waals surface area contributed by atoms with Crippen LogP contribution in [0, 0.1) is 0 Å². The van der Waals surface area contributed by atoms with Gasteiger partial charge >= 0.3 is 0 Å². The summed E-state index contributed by atoms with van der Waals surface area (Å²) >= 11 is 0. The van der Waals surface area contributed by atoms with E-state index in [0.29, 0.717) is 0 Å². The molecule has 2 aromatic carbocycles. The average molecular weight is 383 g/mol. The highest BCUT2D eigenvalue weighted by atomic mass is 16.1. The second-order valence-corrected chi connectivity index (χ2v) is 6.98. The summed E-state index contributed by atoms with van der Waals surface area (Å²) in [7, 11) is 0. The monoisotopic (exact) mass is 383 g/mol. The molecule has 0 fully saturated rings. The molecule has 4 heteroatoms. The molecular formula is C25H25N3O. The van der Waals surface area contributed by atoms with Crippen LogP contribution >= 0.6 is 0 Å². The highest BCUT2D eigenvalue weighted by Crippen LogP contribution is 2.31. The molecule has 2 N–H and O–H groups in total. The first-order valence-corrected chi connectivity index (χ1v) is 9.48. The van der Waals surface area contributed by atoms with Crippen LogP contribution in [0.2, 0.25) is 0 Å². The summed E-state index contributed by atoms with van der Waals surface area (Å²) in [5.41, 5.74) is 7.54. The van der Waals surface area contributed by atoms with Gasteiger partial charge in [-0.25, -0.2) is 0 Å². The largest absolute Gasteiger partial charge is 0.356 e. The lowest BCUT2D eigenvalue weighted by molar-refractivity contribution is -0.111. The predicted molar refractivity (Wildman–Crippen MR) is 123 cm³/mol. The van der Waals surface area contributed by atoms with E-state index in [0.717, 1.165) is 51.6 Å². The van der Waals surface area contributed by atoms with E-state index in [2.05, 4.69) is 35.9 Å². The Morgan fingerprint density at radius 1 is 1.00 bits per heavy atom. The van der Waals surface area contributed by atoms with Gasteiger partial charge in [0.1, 0.15) is 0 Å². The Balaban J connectivity index is 1.71. The number of fused-ring (bicyclic) bond motifs is 1. The molecule has 0 unspecified atom stereocenters. The van der Waals surface area contributed by atoms with Gasteiger partial charge in [0.05, 0.1) is 11.4 Å². The quantitative estimate of drug-likeness (QED) is 0.459. The van der Waals surface area contributed by atoms with Crippen LogP contribution < -0.4 is 10.6 Å². The van der Waals surface area contributed by atoms with Crippen molar-refractivity contribution in [2.45, 2.75) is 20.3 Å². The Morgan fingerprint density at radius 2 is 1.72 bits per heavy atom. The Morgan fingerprint density at radius 3 is 2.41 bits per heavy atom. The smallest absolute Gasteiger partial charge is 0.248 e. The maximum absolute atomic E-state index is 12.0. The molecule has 0 aromatic heterocycles. The van der Waals surface area contributed by atoms with E-state index in [9.17, 15) is 4.79 Å². The fourth-order valence-electron chi connectivity index (χ4n) is 3.00. The number of anilines is 2. The van der Waals surface area contributed by atoms with E-state index in [-0.39, 0.29) is 5.91 Å². The van der Waals surface area contributed by atoms with E-state index in [1.807, 2.05) is 56.3 Å². The van der Waals surface area contributed by atoms with Gasteiger partial charge in [-0.1, -0.05) is 49.1 Å². The van der Waals surface area contributed by atoms with Crippen LogP contribution in [0.25, 0.3) is 0 Å². The summed E-state index contributed by atoms with van der Waals surface area (Å²) in [6.45, 7) is 11.5. The topological polar surface area (TPSA) is 53.5 Å². The minimum absolute atomic E-state index is 0.183. The van der Waals surface area contributed by atoms with Crippen LogP contribution in [0.15, 0.2) is 96.2 Å². The summed E-state index contributed by atoms with van der Waals surface area (Å²) in [6.07, 6.45) is 7.81. The van der Waals surface area contributed by atoms with Gasteiger partial charge in [0.15, 0.2) is 0 Å². The fourth-order valence-corrected chi connectivity index (χ4v) is 3.00. The van der Waals surface area contributed by atoms with Crippen LogP contribution in [0.1, 0.15) is 25.0 Å². The summed E-state index contributed by atoms with van der Waals surface area (Å²) in [4.78, 5) is 16.7. The number of rotatable bonds is 7. The number of amides is 1. The predicted octanol–water partition coefficient (Wildman–Crippen LogP) is 5.94. The Kier molecular flexibility index (Phi) is 6.25. The molecule has 29 heavy (non-hydrogen) atoms. The number of hydrogen-bond donors (Lipinski definition) is 2. The summed E-state index contributed by atoms with van der Waals surface area (Å²) in [5, 5.41) is 6.11. The maximum atomic E-state index is 12.0. The highest BCUT2D eigenvalue weighted by Gasteiger charge is 2.16. The van der Waals surface area contributed by atoms with Gasteiger partial charge < -0.3 is 10.6 Å². The molecule has 0 bridgehead atoms. The van der Waals surface area contributed by atoms with Crippen molar-refractivity contribution < 1.29 is 4.79 Å². The van der Waals surface area contributed by atoms with Crippen molar-refractivity contribution in [1.82, 2.24) is 0 Å². The first-order valence-electron chi connectivity index (χ1n) is 9.48. The third-order valence-corrected chi connectivity index (χ3v) is 4.38. The van der Waals surface area contributed by atoms with Crippen LogP contribution in [0.4, 0.5) is 17.1 Å². The third kappa shape index (κ3) is 5.42. The molecule has 0 spiro atoms. The van der Waals surface area contributed by atoms with Crippen molar-refractivity contribution in [3.05, 3.63) is 102 Å². The lowest BCUT2D eigenvalue weighted by Crippen LogP contribution is -2.07. The molecule has 1 amide bonds. The van der Waals surface area contributed by atoms with Crippen molar-refractivity contribution in [3.8, 4) is 0 Å². The summed E-state index contributed by atoms with van der Waals surface area (Å²) in [6, 6.07) is 14.0. The van der Waals surface area contributed by atoms with E-state index < -0.39 is 0 Å². The van der Waals surface area contributed by atoms with Crippen LogP contribution in [-0.4, -0.2) is 11.6 Å². The number of allylic oxidation sites excluding steroid dienone is 4. The number of aliphatic imine (C=N–C) groups is 1. The van der Waals surface area contributed by atoms with Crippen LogP contribution in [0.3, 0.4) is 0 Å². The molecule has 0 aliphatic carbocycles. The Hall–Kier alpha value is -3.66. The van der Waals surface area contributed by atoms with E-state index >= 15 is 0 Å². The third-order valence-electron chi connectivity index (χ3n) is 4.38. The van der Waals surface area contributed by atoms with Gasteiger partial charge in [-0.15, -0.1) is 0 Å². The molecule has 1 heterocycles. The molecule has 146 valence electrons. The SMILES string of the molecule is C=C(C)/C=C\C(=O)Nc1ccc2c(c1)N=C(c1ccc(NC(=C)/C=C\C)cc1)C2. The van der Waals surface area contributed by atoms with Crippen molar-refractivity contribution in [1.29, 1.82) is 0 Å².